The molecule has 12 heteroatoms. The average molecular weight is 630 g/mol. The average Bonchev–Trinajstić information content (AvgIpc) is 3.38. The smallest absolute Gasteiger partial charge is 0.426 e. The molecule has 6 rings (SSSR count). The van der Waals surface area contributed by atoms with E-state index in [4.69, 9.17) is 9.57 Å². The normalized spacial score (nSPS) is 25.7. The number of carbonyl (C=O) groups is 4. The summed E-state index contributed by atoms with van der Waals surface area (Å²) >= 11 is 0. The summed E-state index contributed by atoms with van der Waals surface area (Å²) in [6.07, 6.45) is 4.52. The highest BCUT2D eigenvalue weighted by Crippen LogP contribution is 2.45. The summed E-state index contributed by atoms with van der Waals surface area (Å²) in [6, 6.07) is 14.1. The zero-order valence-corrected chi connectivity index (χ0v) is 26.2. The number of ether oxygens (including phenoxy) is 1. The van der Waals surface area contributed by atoms with Crippen molar-refractivity contribution >= 4 is 29.7 Å². The van der Waals surface area contributed by atoms with Gasteiger partial charge in [-0.15, -0.1) is 0 Å². The van der Waals surface area contributed by atoms with Gasteiger partial charge in [0.1, 0.15) is 29.0 Å². The number of rotatable bonds is 4. The number of amides is 4. The molecular formula is C34H39N5O7. The third-order valence-electron chi connectivity index (χ3n) is 8.73. The number of nitrogens with one attached hydrogen (secondary N) is 2. The standard InChI is InChI=1S/C34H39N5O7/c1-33(2,3)45-31(43)36-39-17-11-5-4-6-12-21-19-34(21,30(41)42)35-29(40)27-18-22(20-38(27)32(39)44)46-37-28-25-15-9-7-13-23(25)24-14-8-10-16-26(24)28/h6-10,12-16,21-22,27H,4-5,11,17-20H2,1-3H3,(H,35,40)(H,36,43)(H,41,42)/t21-,22-,27+,34-/m1/s1. The fourth-order valence-electron chi connectivity index (χ4n) is 6.38. The van der Waals surface area contributed by atoms with Crippen molar-refractivity contribution in [1.82, 2.24) is 20.7 Å². The molecule has 2 heterocycles. The summed E-state index contributed by atoms with van der Waals surface area (Å²) in [4.78, 5) is 60.3. The first-order valence-electron chi connectivity index (χ1n) is 15.7. The molecule has 12 nitrogen and oxygen atoms in total. The number of carboxylic acids is 1. The van der Waals surface area contributed by atoms with Gasteiger partial charge in [-0.25, -0.2) is 24.8 Å². The van der Waals surface area contributed by atoms with Crippen molar-refractivity contribution in [3.05, 3.63) is 71.8 Å². The summed E-state index contributed by atoms with van der Waals surface area (Å²) in [7, 11) is 0. The van der Waals surface area contributed by atoms with Crippen molar-refractivity contribution in [2.75, 3.05) is 13.1 Å². The molecule has 0 radical (unpaired) electrons. The van der Waals surface area contributed by atoms with Crippen LogP contribution in [0.3, 0.4) is 0 Å². The van der Waals surface area contributed by atoms with Crippen molar-refractivity contribution in [2.45, 2.75) is 76.2 Å². The van der Waals surface area contributed by atoms with Gasteiger partial charge in [-0.2, -0.15) is 0 Å². The van der Waals surface area contributed by atoms with E-state index in [1.54, 1.807) is 20.8 Å². The highest BCUT2D eigenvalue weighted by Gasteiger charge is 2.61. The number of aliphatic carboxylic acids is 1. The maximum atomic E-state index is 14.1. The van der Waals surface area contributed by atoms with Gasteiger partial charge in [0.25, 0.3) is 0 Å². The molecule has 0 unspecified atom stereocenters. The molecule has 0 spiro atoms. The molecule has 2 aromatic carbocycles. The number of oxime groups is 1. The van der Waals surface area contributed by atoms with Gasteiger partial charge in [-0.1, -0.05) is 65.8 Å². The van der Waals surface area contributed by atoms with Crippen LogP contribution >= 0.6 is 0 Å². The molecule has 0 aromatic heterocycles. The number of urea groups is 1. The van der Waals surface area contributed by atoms with Crippen molar-refractivity contribution in [3.63, 3.8) is 0 Å². The molecular weight excluding hydrogens is 590 g/mol. The van der Waals surface area contributed by atoms with Crippen LogP contribution in [0.2, 0.25) is 0 Å². The molecule has 242 valence electrons. The van der Waals surface area contributed by atoms with E-state index in [0.717, 1.165) is 27.3 Å². The summed E-state index contributed by atoms with van der Waals surface area (Å²) < 4.78 is 5.40. The first-order chi connectivity index (χ1) is 22.0. The zero-order chi connectivity index (χ0) is 32.6. The van der Waals surface area contributed by atoms with E-state index in [-0.39, 0.29) is 31.8 Å². The summed E-state index contributed by atoms with van der Waals surface area (Å²) in [5.74, 6) is -2.06. The second kappa shape index (κ2) is 12.1. The molecule has 2 fully saturated rings. The minimum atomic E-state index is -1.43. The third kappa shape index (κ3) is 6.16. The number of carbonyl (C=O) groups excluding carboxylic acids is 3. The maximum Gasteiger partial charge on any atom is 0.426 e. The van der Waals surface area contributed by atoms with Crippen LogP contribution in [0, 0.1) is 5.92 Å². The van der Waals surface area contributed by atoms with Crippen LogP contribution in [0.5, 0.6) is 0 Å². The zero-order valence-electron chi connectivity index (χ0n) is 26.2. The Kier molecular flexibility index (Phi) is 8.22. The first-order valence-corrected chi connectivity index (χ1v) is 15.7. The molecule has 46 heavy (non-hydrogen) atoms. The Morgan fingerprint density at radius 2 is 1.67 bits per heavy atom. The van der Waals surface area contributed by atoms with Crippen LogP contribution in [-0.2, 0) is 19.2 Å². The Morgan fingerprint density at radius 3 is 2.30 bits per heavy atom. The Morgan fingerprint density at radius 1 is 1.02 bits per heavy atom. The van der Waals surface area contributed by atoms with Gasteiger partial charge in [0, 0.05) is 30.0 Å². The van der Waals surface area contributed by atoms with Crippen molar-refractivity contribution in [2.24, 2.45) is 11.1 Å². The van der Waals surface area contributed by atoms with Gasteiger partial charge in [0.2, 0.25) is 5.91 Å². The van der Waals surface area contributed by atoms with Crippen LogP contribution in [-0.4, -0.2) is 81.1 Å². The number of carboxylic acid groups (broad SMARTS) is 1. The molecule has 1 saturated carbocycles. The largest absolute Gasteiger partial charge is 0.479 e. The second-order valence-electron chi connectivity index (χ2n) is 13.2. The molecule has 4 atom stereocenters. The number of hydrazine groups is 1. The fraction of sp³-hybridized carbons (Fsp3) is 0.441. The van der Waals surface area contributed by atoms with E-state index in [2.05, 4.69) is 15.9 Å². The lowest BCUT2D eigenvalue weighted by Crippen LogP contribution is -2.58. The highest BCUT2D eigenvalue weighted by molar-refractivity contribution is 6.24. The van der Waals surface area contributed by atoms with E-state index in [9.17, 15) is 24.3 Å². The van der Waals surface area contributed by atoms with Crippen LogP contribution in [0.4, 0.5) is 9.59 Å². The van der Waals surface area contributed by atoms with Gasteiger partial charge in [-0.05, 0) is 57.6 Å². The van der Waals surface area contributed by atoms with Crippen LogP contribution < -0.4 is 10.7 Å². The monoisotopic (exact) mass is 629 g/mol. The van der Waals surface area contributed by atoms with Crippen molar-refractivity contribution < 1.29 is 33.9 Å². The van der Waals surface area contributed by atoms with Crippen molar-refractivity contribution in [3.8, 4) is 11.1 Å². The van der Waals surface area contributed by atoms with Gasteiger partial charge in [-0.3, -0.25) is 4.79 Å². The predicted molar refractivity (Wildman–Crippen MR) is 169 cm³/mol. The minimum absolute atomic E-state index is 0.00705. The Hall–Kier alpha value is -4.87. The van der Waals surface area contributed by atoms with E-state index in [0.29, 0.717) is 25.0 Å². The van der Waals surface area contributed by atoms with Crippen LogP contribution in [0.1, 0.15) is 64.0 Å². The third-order valence-corrected chi connectivity index (χ3v) is 8.73. The second-order valence-corrected chi connectivity index (χ2v) is 13.2. The van der Waals surface area contributed by atoms with E-state index in [1.807, 2.05) is 60.7 Å². The Bertz CT molecular complexity index is 1570. The summed E-state index contributed by atoms with van der Waals surface area (Å²) in [5.41, 5.74) is 4.89. The van der Waals surface area contributed by atoms with Crippen molar-refractivity contribution in [1.29, 1.82) is 0 Å². The molecule has 1 saturated heterocycles. The van der Waals surface area contributed by atoms with Gasteiger partial charge < -0.3 is 24.9 Å². The van der Waals surface area contributed by atoms with Crippen LogP contribution in [0.15, 0.2) is 65.8 Å². The topological polar surface area (TPSA) is 150 Å². The van der Waals surface area contributed by atoms with Crippen LogP contribution in [0.25, 0.3) is 11.1 Å². The van der Waals surface area contributed by atoms with Gasteiger partial charge in [0.15, 0.2) is 0 Å². The number of nitrogens with zero attached hydrogens (tertiary/aromatic N) is 3. The molecule has 0 bridgehead atoms. The quantitative estimate of drug-likeness (QED) is 0.285. The number of fused-ring (bicyclic) bond motifs is 5. The SMILES string of the molecule is CC(C)(C)OC(=O)NN1CCCCC=C[C@@H]2C[C@@]2(C(=O)O)NC(=O)[C@@H]2C[C@@H](ON=C3c4ccccc4-c4ccccc43)CN2C1=O. The fourth-order valence-corrected chi connectivity index (χ4v) is 6.38. The molecule has 2 aromatic rings. The summed E-state index contributed by atoms with van der Waals surface area (Å²) in [6.45, 7) is 5.34. The van der Waals surface area contributed by atoms with E-state index >= 15 is 0 Å². The Balaban J connectivity index is 1.29. The molecule has 2 aliphatic heterocycles. The lowest BCUT2D eigenvalue weighted by molar-refractivity contribution is -0.144. The lowest BCUT2D eigenvalue weighted by Gasteiger charge is -2.32. The minimum Gasteiger partial charge on any atom is -0.479 e. The van der Waals surface area contributed by atoms with E-state index in [1.165, 1.54) is 4.90 Å². The predicted octanol–water partition coefficient (Wildman–Crippen LogP) is 4.44. The highest BCUT2D eigenvalue weighted by atomic mass is 16.6. The molecule has 2 aliphatic carbocycles. The van der Waals surface area contributed by atoms with Gasteiger partial charge >= 0.3 is 18.1 Å². The first kappa shape index (κ1) is 31.1. The van der Waals surface area contributed by atoms with E-state index < -0.39 is 47.3 Å². The lowest BCUT2D eigenvalue weighted by atomic mass is 10.1. The Labute approximate surface area is 267 Å². The molecule has 4 amide bonds. The van der Waals surface area contributed by atoms with Gasteiger partial charge in [0.05, 0.1) is 6.54 Å². The summed E-state index contributed by atoms with van der Waals surface area (Å²) in [5, 5.41) is 18.5. The molecule has 4 aliphatic rings. The number of hydrogen-bond donors (Lipinski definition) is 3. The number of hydrogen-bond acceptors (Lipinski definition) is 7. The number of benzene rings is 2. The number of allylic oxidation sites excluding steroid dienone is 1. The molecule has 3 N–H and O–H groups in total. The maximum absolute atomic E-state index is 14.1.